The van der Waals surface area contributed by atoms with E-state index >= 15 is 0 Å². The lowest BCUT2D eigenvalue weighted by Gasteiger charge is -2.15. The molecule has 0 aliphatic carbocycles. The number of halogens is 6. The molecule has 39 heavy (non-hydrogen) atoms. The van der Waals surface area contributed by atoms with Crippen molar-refractivity contribution in [1.29, 1.82) is 0 Å². The number of carbonyl (C=O) groups is 1. The van der Waals surface area contributed by atoms with Gasteiger partial charge in [-0.15, -0.1) is 0 Å². The highest BCUT2D eigenvalue weighted by Gasteiger charge is 2.37. The van der Waals surface area contributed by atoms with Crippen LogP contribution in [0.4, 0.5) is 33.3 Å². The van der Waals surface area contributed by atoms with Crippen molar-refractivity contribution < 1.29 is 41.1 Å². The zero-order valence-electron chi connectivity index (χ0n) is 19.9. The van der Waals surface area contributed by atoms with Crippen molar-refractivity contribution in [2.24, 2.45) is 5.10 Å². The van der Waals surface area contributed by atoms with Gasteiger partial charge in [0.2, 0.25) is 5.82 Å². The third-order valence-corrected chi connectivity index (χ3v) is 6.12. The molecular formula is C25H15BrF5N3O5. The van der Waals surface area contributed by atoms with Crippen LogP contribution in [-0.4, -0.2) is 23.7 Å². The van der Waals surface area contributed by atoms with E-state index in [0.29, 0.717) is 15.6 Å². The molecule has 1 aliphatic rings. The highest BCUT2D eigenvalue weighted by Crippen LogP contribution is 2.39. The Kier molecular flexibility index (Phi) is 7.67. The van der Waals surface area contributed by atoms with Crippen LogP contribution < -0.4 is 14.5 Å². The Morgan fingerprint density at radius 2 is 1.69 bits per heavy atom. The molecular weight excluding hydrogens is 597 g/mol. The van der Waals surface area contributed by atoms with Gasteiger partial charge in [0.1, 0.15) is 12.3 Å². The van der Waals surface area contributed by atoms with Crippen molar-refractivity contribution in [3.63, 3.8) is 0 Å². The summed E-state index contributed by atoms with van der Waals surface area (Å²) in [6, 6.07) is 8.81. The number of nitrogens with zero attached hydrogens (tertiary/aromatic N) is 3. The van der Waals surface area contributed by atoms with Crippen LogP contribution in [0.2, 0.25) is 0 Å². The summed E-state index contributed by atoms with van der Waals surface area (Å²) >= 11 is 3.33. The lowest BCUT2D eigenvalue weighted by molar-refractivity contribution is -0.384. The molecule has 1 heterocycles. The minimum atomic E-state index is -2.36. The van der Waals surface area contributed by atoms with Gasteiger partial charge in [0, 0.05) is 12.1 Å². The molecule has 0 aromatic heterocycles. The van der Waals surface area contributed by atoms with E-state index in [1.165, 1.54) is 50.4 Å². The topological polar surface area (TPSA) is 94.3 Å². The van der Waals surface area contributed by atoms with Crippen molar-refractivity contribution in [3.05, 3.63) is 96.8 Å². The van der Waals surface area contributed by atoms with Crippen molar-refractivity contribution >= 4 is 45.0 Å². The first-order valence-corrected chi connectivity index (χ1v) is 11.6. The number of nitro benzene ring substituents is 1. The molecule has 0 atom stereocenters. The number of hydrogen-bond donors (Lipinski definition) is 0. The number of hydrazone groups is 1. The molecule has 4 rings (SSSR count). The van der Waals surface area contributed by atoms with Crippen LogP contribution in [0, 0.1) is 39.2 Å². The predicted octanol–water partition coefficient (Wildman–Crippen LogP) is 6.45. The number of non-ortho nitro benzene ring substituents is 1. The molecule has 0 bridgehead atoms. The van der Waals surface area contributed by atoms with Crippen molar-refractivity contribution in [3.8, 4) is 11.5 Å². The fourth-order valence-electron chi connectivity index (χ4n) is 3.66. The van der Waals surface area contributed by atoms with Crippen LogP contribution in [0.1, 0.15) is 18.1 Å². The fourth-order valence-corrected chi connectivity index (χ4v) is 4.23. The van der Waals surface area contributed by atoms with Gasteiger partial charge in [-0.2, -0.15) is 10.1 Å². The molecule has 1 amide bonds. The largest absolute Gasteiger partial charge is 0.493 e. The van der Waals surface area contributed by atoms with Crippen LogP contribution in [0.25, 0.3) is 6.08 Å². The number of rotatable bonds is 7. The van der Waals surface area contributed by atoms with Crippen molar-refractivity contribution in [1.82, 2.24) is 0 Å². The quantitative estimate of drug-likeness (QED) is 0.0764. The Hall–Kier alpha value is -4.33. The number of benzene rings is 3. The van der Waals surface area contributed by atoms with E-state index in [9.17, 15) is 36.9 Å². The molecule has 0 spiro atoms. The van der Waals surface area contributed by atoms with Gasteiger partial charge in [0.15, 0.2) is 34.8 Å². The number of hydrogen-bond acceptors (Lipinski definition) is 6. The van der Waals surface area contributed by atoms with Crippen LogP contribution in [0.3, 0.4) is 0 Å². The van der Waals surface area contributed by atoms with E-state index in [4.69, 9.17) is 9.47 Å². The van der Waals surface area contributed by atoms with Crippen LogP contribution in [0.5, 0.6) is 11.5 Å². The van der Waals surface area contributed by atoms with E-state index in [2.05, 4.69) is 21.0 Å². The number of ether oxygens (including phenoxy) is 2. The van der Waals surface area contributed by atoms with Crippen LogP contribution in [0.15, 0.2) is 51.5 Å². The van der Waals surface area contributed by atoms with Gasteiger partial charge >= 0.3 is 0 Å². The van der Waals surface area contributed by atoms with Gasteiger partial charge in [-0.25, -0.2) is 22.0 Å². The molecule has 14 heteroatoms. The predicted molar refractivity (Wildman–Crippen MR) is 133 cm³/mol. The lowest BCUT2D eigenvalue weighted by Crippen LogP contribution is -2.25. The highest BCUT2D eigenvalue weighted by atomic mass is 79.9. The highest BCUT2D eigenvalue weighted by molar-refractivity contribution is 9.10. The molecule has 3 aromatic rings. The summed E-state index contributed by atoms with van der Waals surface area (Å²) in [4.78, 5) is 23.4. The van der Waals surface area contributed by atoms with E-state index in [1.807, 2.05) is 0 Å². The second-order valence-electron chi connectivity index (χ2n) is 8.03. The van der Waals surface area contributed by atoms with Gasteiger partial charge in [-0.1, -0.05) is 12.1 Å². The number of anilines is 1. The fraction of sp³-hybridized carbons (Fsp3) is 0.120. The van der Waals surface area contributed by atoms with E-state index < -0.39 is 45.6 Å². The van der Waals surface area contributed by atoms with Gasteiger partial charge in [-0.05, 0) is 52.2 Å². The summed E-state index contributed by atoms with van der Waals surface area (Å²) in [5, 5.41) is 14.8. The monoisotopic (exact) mass is 611 g/mol. The average molecular weight is 612 g/mol. The molecule has 0 saturated heterocycles. The normalized spacial score (nSPS) is 14.2. The first-order chi connectivity index (χ1) is 18.4. The standard InChI is InChI=1S/C25H15BrF5N3O5/c1-11-15(25(35)33(32-11)23-21(30)19(28)18(27)20(29)22(23)31)7-13-8-16(26)24(17(9-13)38-2)39-10-12-4-3-5-14(6-12)34(36)37/h3-9H,10H2,1-2H3/b15-7+. The summed E-state index contributed by atoms with van der Waals surface area (Å²) in [7, 11) is 1.34. The minimum Gasteiger partial charge on any atom is -0.493 e. The Morgan fingerprint density at radius 3 is 2.31 bits per heavy atom. The molecule has 0 N–H and O–H groups in total. The first-order valence-electron chi connectivity index (χ1n) is 10.8. The smallest absolute Gasteiger partial charge is 0.280 e. The Morgan fingerprint density at radius 1 is 1.05 bits per heavy atom. The summed E-state index contributed by atoms with van der Waals surface area (Å²) in [6.45, 7) is 1.27. The second-order valence-corrected chi connectivity index (χ2v) is 8.88. The van der Waals surface area contributed by atoms with E-state index in [0.717, 1.165) is 0 Å². The molecule has 3 aromatic carbocycles. The Balaban J connectivity index is 1.64. The third-order valence-electron chi connectivity index (χ3n) is 5.53. The van der Waals surface area contributed by atoms with E-state index in [1.54, 1.807) is 6.07 Å². The molecule has 0 fully saturated rings. The maximum absolute atomic E-state index is 14.3. The van der Waals surface area contributed by atoms with Gasteiger partial charge in [0.25, 0.3) is 11.6 Å². The first kappa shape index (κ1) is 27.7. The van der Waals surface area contributed by atoms with Crippen LogP contribution >= 0.6 is 15.9 Å². The lowest BCUT2D eigenvalue weighted by atomic mass is 10.1. The molecule has 202 valence electrons. The van der Waals surface area contributed by atoms with Crippen molar-refractivity contribution in [2.45, 2.75) is 13.5 Å². The van der Waals surface area contributed by atoms with Gasteiger partial charge in [-0.3, -0.25) is 14.9 Å². The zero-order valence-corrected chi connectivity index (χ0v) is 21.5. The van der Waals surface area contributed by atoms with Gasteiger partial charge < -0.3 is 9.47 Å². The third kappa shape index (κ3) is 5.19. The molecule has 8 nitrogen and oxygen atoms in total. The molecule has 0 unspecified atom stereocenters. The van der Waals surface area contributed by atoms with Gasteiger partial charge in [0.05, 0.1) is 27.8 Å². The zero-order chi connectivity index (χ0) is 28.6. The summed E-state index contributed by atoms with van der Waals surface area (Å²) < 4.78 is 80.9. The maximum Gasteiger partial charge on any atom is 0.280 e. The molecule has 1 aliphatic heterocycles. The Bertz CT molecular complexity index is 1570. The van der Waals surface area contributed by atoms with Crippen LogP contribution in [-0.2, 0) is 11.4 Å². The second kappa shape index (κ2) is 10.8. The maximum atomic E-state index is 14.3. The SMILES string of the molecule is COc1cc(/C=C2/C(=O)N(c3c(F)c(F)c(F)c(F)c3F)N=C2C)cc(Br)c1OCc1cccc([N+](=O)[O-])c1. The number of amides is 1. The summed E-state index contributed by atoms with van der Waals surface area (Å²) in [5.41, 5.74) is -0.993. The average Bonchev–Trinajstić information content (AvgIpc) is 3.18. The number of nitro groups is 1. The number of methoxy groups -OCH3 is 1. The Labute approximate surface area is 225 Å². The summed E-state index contributed by atoms with van der Waals surface area (Å²) in [6.07, 6.45) is 1.28. The molecule has 0 radical (unpaired) electrons. The molecule has 0 saturated carbocycles. The summed E-state index contributed by atoms with van der Waals surface area (Å²) in [5.74, 6) is -11.9. The minimum absolute atomic E-state index is 0.0434. The number of carbonyl (C=O) groups excluding carboxylic acids is 1. The van der Waals surface area contributed by atoms with E-state index in [-0.39, 0.29) is 40.1 Å². The van der Waals surface area contributed by atoms with Crippen molar-refractivity contribution in [2.75, 3.05) is 12.1 Å².